The third kappa shape index (κ3) is 6.21. The van der Waals surface area contributed by atoms with Crippen molar-refractivity contribution in [1.29, 1.82) is 0 Å². The van der Waals surface area contributed by atoms with Crippen LogP contribution in [0.25, 0.3) is 0 Å². The van der Waals surface area contributed by atoms with E-state index in [1.165, 1.54) is 11.1 Å². The lowest BCUT2D eigenvalue weighted by molar-refractivity contribution is -0.165. The van der Waals surface area contributed by atoms with Gasteiger partial charge in [0.15, 0.2) is 0 Å². The third-order valence-corrected chi connectivity index (χ3v) is 4.17. The van der Waals surface area contributed by atoms with E-state index < -0.39 is 11.0 Å². The lowest BCUT2D eigenvalue weighted by atomic mass is 9.85. The highest BCUT2D eigenvalue weighted by Gasteiger charge is 2.32. The van der Waals surface area contributed by atoms with Crippen molar-refractivity contribution in [3.63, 3.8) is 0 Å². The maximum atomic E-state index is 12.4. The molecule has 2 rings (SSSR count). The minimum absolute atomic E-state index is 0.157. The fourth-order valence-electron chi connectivity index (χ4n) is 2.65. The van der Waals surface area contributed by atoms with E-state index in [2.05, 4.69) is 60.8 Å². The van der Waals surface area contributed by atoms with Gasteiger partial charge < -0.3 is 10.1 Å². The summed E-state index contributed by atoms with van der Waals surface area (Å²) < 4.78 is 5.55. The highest BCUT2D eigenvalue weighted by atomic mass is 16.6. The Bertz CT molecular complexity index is 722. The number of anilines is 1. The zero-order chi connectivity index (χ0) is 19.4. The SMILES string of the molecule is Cc1ccc(NCc2ccc(CC(C)(C)C(=O)OC(C)(C)C)cc2)cc1. The summed E-state index contributed by atoms with van der Waals surface area (Å²) in [6.07, 6.45) is 0.660. The second kappa shape index (κ2) is 7.94. The molecule has 140 valence electrons. The molecule has 1 N–H and O–H groups in total. The molecule has 0 spiro atoms. The minimum Gasteiger partial charge on any atom is -0.460 e. The monoisotopic (exact) mass is 353 g/mol. The Morgan fingerprint density at radius 2 is 1.42 bits per heavy atom. The average molecular weight is 354 g/mol. The summed E-state index contributed by atoms with van der Waals surface area (Å²) >= 11 is 0. The normalized spacial score (nSPS) is 11.9. The van der Waals surface area contributed by atoms with Crippen LogP contribution < -0.4 is 5.32 Å². The van der Waals surface area contributed by atoms with E-state index in [0.29, 0.717) is 6.42 Å². The van der Waals surface area contributed by atoms with Gasteiger partial charge in [-0.3, -0.25) is 4.79 Å². The van der Waals surface area contributed by atoms with Crippen LogP contribution in [0.1, 0.15) is 51.3 Å². The van der Waals surface area contributed by atoms with E-state index in [4.69, 9.17) is 4.74 Å². The van der Waals surface area contributed by atoms with E-state index >= 15 is 0 Å². The van der Waals surface area contributed by atoms with Crippen molar-refractivity contribution in [3.05, 3.63) is 65.2 Å². The van der Waals surface area contributed by atoms with Crippen molar-refractivity contribution >= 4 is 11.7 Å². The molecule has 0 unspecified atom stereocenters. The second-order valence-corrected chi connectivity index (χ2v) is 8.60. The van der Waals surface area contributed by atoms with Crippen molar-refractivity contribution in [1.82, 2.24) is 0 Å². The van der Waals surface area contributed by atoms with Crippen molar-refractivity contribution in [2.45, 2.75) is 60.1 Å². The molecular formula is C23H31NO2. The molecule has 2 aromatic carbocycles. The lowest BCUT2D eigenvalue weighted by Crippen LogP contribution is -2.35. The number of hydrogen-bond donors (Lipinski definition) is 1. The molecule has 0 heterocycles. The van der Waals surface area contributed by atoms with E-state index in [-0.39, 0.29) is 5.97 Å². The maximum Gasteiger partial charge on any atom is 0.312 e. The Balaban J connectivity index is 1.94. The Morgan fingerprint density at radius 3 is 1.96 bits per heavy atom. The van der Waals surface area contributed by atoms with Crippen LogP contribution >= 0.6 is 0 Å². The molecule has 0 radical (unpaired) electrons. The summed E-state index contributed by atoms with van der Waals surface area (Å²) in [4.78, 5) is 12.4. The fraction of sp³-hybridized carbons (Fsp3) is 0.435. The second-order valence-electron chi connectivity index (χ2n) is 8.60. The zero-order valence-electron chi connectivity index (χ0n) is 16.8. The molecule has 0 bridgehead atoms. The Hall–Kier alpha value is -2.29. The smallest absolute Gasteiger partial charge is 0.312 e. The van der Waals surface area contributed by atoms with Gasteiger partial charge in [0, 0.05) is 12.2 Å². The first-order chi connectivity index (χ1) is 12.0. The van der Waals surface area contributed by atoms with Crippen molar-refractivity contribution in [2.24, 2.45) is 5.41 Å². The highest BCUT2D eigenvalue weighted by molar-refractivity contribution is 5.76. The highest BCUT2D eigenvalue weighted by Crippen LogP contribution is 2.26. The summed E-state index contributed by atoms with van der Waals surface area (Å²) in [5, 5.41) is 3.43. The summed E-state index contributed by atoms with van der Waals surface area (Å²) in [5.74, 6) is -0.157. The van der Waals surface area contributed by atoms with Gasteiger partial charge in [-0.15, -0.1) is 0 Å². The number of ether oxygens (including phenoxy) is 1. The molecule has 0 saturated heterocycles. The molecule has 0 aliphatic rings. The largest absolute Gasteiger partial charge is 0.460 e. The van der Waals surface area contributed by atoms with Gasteiger partial charge in [-0.1, -0.05) is 42.0 Å². The van der Waals surface area contributed by atoms with Crippen LogP contribution in [0.5, 0.6) is 0 Å². The van der Waals surface area contributed by atoms with Crippen molar-refractivity contribution < 1.29 is 9.53 Å². The van der Waals surface area contributed by atoms with Crippen LogP contribution in [0, 0.1) is 12.3 Å². The van der Waals surface area contributed by atoms with Gasteiger partial charge in [0.2, 0.25) is 0 Å². The molecule has 0 fully saturated rings. The zero-order valence-corrected chi connectivity index (χ0v) is 16.8. The Kier molecular flexibility index (Phi) is 6.12. The number of benzene rings is 2. The third-order valence-electron chi connectivity index (χ3n) is 4.17. The first kappa shape index (κ1) is 20.0. The molecule has 0 saturated carbocycles. The topological polar surface area (TPSA) is 38.3 Å². The molecule has 0 amide bonds. The molecule has 0 aromatic heterocycles. The van der Waals surface area contributed by atoms with Crippen LogP contribution in [-0.4, -0.2) is 11.6 Å². The first-order valence-electron chi connectivity index (χ1n) is 9.17. The Morgan fingerprint density at radius 1 is 0.885 bits per heavy atom. The number of carbonyl (C=O) groups is 1. The Labute approximate surface area is 157 Å². The van der Waals surface area contributed by atoms with Gasteiger partial charge in [0.1, 0.15) is 5.60 Å². The number of carbonyl (C=O) groups excluding carboxylic acids is 1. The number of rotatable bonds is 6. The quantitative estimate of drug-likeness (QED) is 0.695. The van der Waals surface area contributed by atoms with Crippen LogP contribution in [0.15, 0.2) is 48.5 Å². The van der Waals surface area contributed by atoms with Gasteiger partial charge in [-0.25, -0.2) is 0 Å². The molecule has 0 atom stereocenters. The van der Waals surface area contributed by atoms with Crippen LogP contribution in [-0.2, 0) is 22.5 Å². The van der Waals surface area contributed by atoms with Crippen LogP contribution in [0.4, 0.5) is 5.69 Å². The van der Waals surface area contributed by atoms with E-state index in [9.17, 15) is 4.79 Å². The number of nitrogens with one attached hydrogen (secondary N) is 1. The van der Waals surface area contributed by atoms with Gasteiger partial charge in [0.05, 0.1) is 5.41 Å². The van der Waals surface area contributed by atoms with Crippen LogP contribution in [0.2, 0.25) is 0 Å². The first-order valence-corrected chi connectivity index (χ1v) is 9.17. The molecule has 2 aromatic rings. The number of hydrogen-bond acceptors (Lipinski definition) is 3. The summed E-state index contributed by atoms with van der Waals surface area (Å²) in [7, 11) is 0. The lowest BCUT2D eigenvalue weighted by Gasteiger charge is -2.28. The average Bonchev–Trinajstić information content (AvgIpc) is 2.54. The summed E-state index contributed by atoms with van der Waals surface area (Å²) in [6, 6.07) is 16.8. The van der Waals surface area contributed by atoms with E-state index in [1.54, 1.807) is 0 Å². The number of esters is 1. The predicted molar refractivity (Wildman–Crippen MR) is 108 cm³/mol. The molecule has 3 nitrogen and oxygen atoms in total. The van der Waals surface area contributed by atoms with E-state index in [1.807, 2.05) is 34.6 Å². The van der Waals surface area contributed by atoms with Gasteiger partial charge in [0.25, 0.3) is 0 Å². The molecule has 0 aliphatic carbocycles. The fourth-order valence-corrected chi connectivity index (χ4v) is 2.65. The molecule has 0 aliphatic heterocycles. The molecule has 3 heteroatoms. The molecule has 26 heavy (non-hydrogen) atoms. The van der Waals surface area contributed by atoms with Crippen molar-refractivity contribution in [3.8, 4) is 0 Å². The van der Waals surface area contributed by atoms with Crippen molar-refractivity contribution in [2.75, 3.05) is 5.32 Å². The van der Waals surface area contributed by atoms with Crippen LogP contribution in [0.3, 0.4) is 0 Å². The molecular weight excluding hydrogens is 322 g/mol. The van der Waals surface area contributed by atoms with Gasteiger partial charge in [-0.2, -0.15) is 0 Å². The van der Waals surface area contributed by atoms with E-state index in [0.717, 1.165) is 17.8 Å². The van der Waals surface area contributed by atoms with Gasteiger partial charge in [-0.05, 0) is 71.2 Å². The van der Waals surface area contributed by atoms with Gasteiger partial charge >= 0.3 is 5.97 Å². The predicted octanol–water partition coefficient (Wildman–Crippen LogP) is 5.52. The minimum atomic E-state index is -0.547. The summed E-state index contributed by atoms with van der Waals surface area (Å²) in [6.45, 7) is 12.4. The number of aryl methyl sites for hydroxylation is 1. The standard InChI is InChI=1S/C23H31NO2/c1-17-7-13-20(14-8-17)24-16-19-11-9-18(10-12-19)15-23(5,6)21(25)26-22(2,3)4/h7-14,24H,15-16H2,1-6H3. The maximum absolute atomic E-state index is 12.4. The summed E-state index contributed by atoms with van der Waals surface area (Å²) in [5.41, 5.74) is 3.72.